The average Bonchev–Trinajstić information content (AvgIpc) is 2.93. The maximum Gasteiger partial charge on any atom is 0.314 e. The third-order valence-corrected chi connectivity index (χ3v) is 3.65. The summed E-state index contributed by atoms with van der Waals surface area (Å²) < 4.78 is 0. The molecule has 3 heteroatoms. The zero-order valence-corrected chi connectivity index (χ0v) is 9.56. The van der Waals surface area contributed by atoms with Crippen LogP contribution in [0.4, 0.5) is 0 Å². The number of rotatable bonds is 2. The van der Waals surface area contributed by atoms with Gasteiger partial charge in [-0.2, -0.15) is 0 Å². The third kappa shape index (κ3) is 1.44. The van der Waals surface area contributed by atoms with Crippen molar-refractivity contribution in [1.29, 1.82) is 0 Å². The molecule has 15 heavy (non-hydrogen) atoms. The molecule has 2 rings (SSSR count). The summed E-state index contributed by atoms with van der Waals surface area (Å²) in [5, 5.41) is 9.91. The van der Waals surface area contributed by atoms with Gasteiger partial charge in [-0.1, -0.05) is 17.7 Å². The van der Waals surface area contributed by atoms with Crippen LogP contribution < -0.4 is 0 Å². The molecule has 0 radical (unpaired) electrons. The summed E-state index contributed by atoms with van der Waals surface area (Å²) in [4.78, 5) is 11.3. The normalized spacial score (nSPS) is 17.5. The first-order chi connectivity index (χ1) is 6.99. The number of carbonyl (C=O) groups is 1. The van der Waals surface area contributed by atoms with Crippen LogP contribution in [0.2, 0.25) is 5.02 Å². The lowest BCUT2D eigenvalue weighted by molar-refractivity contribution is -0.140. The second-order valence-corrected chi connectivity index (χ2v) is 4.66. The number of aryl methyl sites for hydroxylation is 1. The van der Waals surface area contributed by atoms with Gasteiger partial charge in [0.15, 0.2) is 0 Å². The Balaban J connectivity index is 2.62. The van der Waals surface area contributed by atoms with Gasteiger partial charge < -0.3 is 5.11 Å². The lowest BCUT2D eigenvalue weighted by Crippen LogP contribution is -2.22. The quantitative estimate of drug-likeness (QED) is 0.838. The number of aliphatic carboxylic acids is 1. The molecule has 1 aliphatic rings. The molecule has 0 heterocycles. The minimum absolute atomic E-state index is 0.654. The van der Waals surface area contributed by atoms with E-state index < -0.39 is 11.4 Å². The largest absolute Gasteiger partial charge is 0.481 e. The maximum absolute atomic E-state index is 11.3. The van der Waals surface area contributed by atoms with E-state index in [0.717, 1.165) is 29.5 Å². The summed E-state index contributed by atoms with van der Waals surface area (Å²) in [5.74, 6) is -0.726. The summed E-state index contributed by atoms with van der Waals surface area (Å²) in [5.41, 5.74) is 2.20. The Morgan fingerprint density at radius 1 is 1.40 bits per heavy atom. The molecule has 80 valence electrons. The highest BCUT2D eigenvalue weighted by Gasteiger charge is 2.53. The molecule has 1 fully saturated rings. The highest BCUT2D eigenvalue weighted by Crippen LogP contribution is 2.51. The van der Waals surface area contributed by atoms with Gasteiger partial charge >= 0.3 is 5.97 Å². The highest BCUT2D eigenvalue weighted by molar-refractivity contribution is 6.31. The number of hydrogen-bond donors (Lipinski definition) is 1. The molecular formula is C12H13ClO2. The average molecular weight is 225 g/mol. The van der Waals surface area contributed by atoms with Gasteiger partial charge in [0.05, 0.1) is 5.41 Å². The number of carboxylic acid groups (broad SMARTS) is 1. The standard InChI is InChI=1S/C12H13ClO2/c1-7-3-4-9(13)8(2)10(7)12(5-6-12)11(14)15/h3-4H,5-6H2,1-2H3,(H,14,15). The van der Waals surface area contributed by atoms with E-state index in [0.29, 0.717) is 5.02 Å². The predicted octanol–water partition coefficient (Wildman–Crippen LogP) is 3.07. The second kappa shape index (κ2) is 3.24. The van der Waals surface area contributed by atoms with Crippen LogP contribution in [0.3, 0.4) is 0 Å². The molecule has 1 aromatic rings. The molecule has 1 N–H and O–H groups in total. The summed E-state index contributed by atoms with van der Waals surface area (Å²) in [6, 6.07) is 3.72. The summed E-state index contributed by atoms with van der Waals surface area (Å²) in [7, 11) is 0. The summed E-state index contributed by atoms with van der Waals surface area (Å²) >= 11 is 6.03. The van der Waals surface area contributed by atoms with Crippen molar-refractivity contribution in [3.8, 4) is 0 Å². The van der Waals surface area contributed by atoms with E-state index in [1.807, 2.05) is 26.0 Å². The summed E-state index contributed by atoms with van der Waals surface area (Å²) in [6.07, 6.45) is 1.45. The molecule has 0 aromatic heterocycles. The zero-order chi connectivity index (χ0) is 11.2. The molecule has 1 aromatic carbocycles. The van der Waals surface area contributed by atoms with Gasteiger partial charge in [0.25, 0.3) is 0 Å². The summed E-state index contributed by atoms with van der Waals surface area (Å²) in [6.45, 7) is 3.84. The Kier molecular flexibility index (Phi) is 2.27. The molecular weight excluding hydrogens is 212 g/mol. The van der Waals surface area contributed by atoms with Crippen molar-refractivity contribution in [3.63, 3.8) is 0 Å². The molecule has 0 atom stereocenters. The molecule has 0 bridgehead atoms. The first-order valence-corrected chi connectivity index (χ1v) is 5.36. The van der Waals surface area contributed by atoms with Crippen molar-refractivity contribution in [2.75, 3.05) is 0 Å². The number of benzene rings is 1. The first kappa shape index (κ1) is 10.5. The van der Waals surface area contributed by atoms with Crippen LogP contribution in [0.5, 0.6) is 0 Å². The smallest absolute Gasteiger partial charge is 0.314 e. The van der Waals surface area contributed by atoms with E-state index >= 15 is 0 Å². The van der Waals surface area contributed by atoms with Crippen molar-refractivity contribution in [1.82, 2.24) is 0 Å². The zero-order valence-electron chi connectivity index (χ0n) is 8.80. The first-order valence-electron chi connectivity index (χ1n) is 4.98. The monoisotopic (exact) mass is 224 g/mol. The number of carboxylic acids is 1. The van der Waals surface area contributed by atoms with Crippen molar-refractivity contribution >= 4 is 17.6 Å². The minimum Gasteiger partial charge on any atom is -0.481 e. The van der Waals surface area contributed by atoms with E-state index in [9.17, 15) is 9.90 Å². The van der Waals surface area contributed by atoms with E-state index in [-0.39, 0.29) is 0 Å². The van der Waals surface area contributed by atoms with Crippen molar-refractivity contribution in [2.45, 2.75) is 32.1 Å². The lowest BCUT2D eigenvalue weighted by atomic mass is 9.88. The second-order valence-electron chi connectivity index (χ2n) is 4.25. The van der Waals surface area contributed by atoms with Crippen LogP contribution in [-0.2, 0) is 10.2 Å². The van der Waals surface area contributed by atoms with E-state index in [1.54, 1.807) is 0 Å². The van der Waals surface area contributed by atoms with E-state index in [2.05, 4.69) is 0 Å². The highest BCUT2D eigenvalue weighted by atomic mass is 35.5. The Bertz CT molecular complexity index is 433. The molecule has 0 aliphatic heterocycles. The third-order valence-electron chi connectivity index (χ3n) is 3.25. The van der Waals surface area contributed by atoms with Gasteiger partial charge in [0.1, 0.15) is 0 Å². The van der Waals surface area contributed by atoms with Gasteiger partial charge in [0, 0.05) is 5.02 Å². The molecule has 0 spiro atoms. The number of hydrogen-bond acceptors (Lipinski definition) is 1. The van der Waals surface area contributed by atoms with Gasteiger partial charge in [0.2, 0.25) is 0 Å². The Morgan fingerprint density at radius 3 is 2.47 bits per heavy atom. The van der Waals surface area contributed by atoms with Crippen LogP contribution in [0.15, 0.2) is 12.1 Å². The molecule has 2 nitrogen and oxygen atoms in total. The minimum atomic E-state index is -0.726. The fourth-order valence-electron chi connectivity index (χ4n) is 2.25. The van der Waals surface area contributed by atoms with Gasteiger partial charge in [-0.3, -0.25) is 4.79 Å². The van der Waals surface area contributed by atoms with Crippen LogP contribution in [0.25, 0.3) is 0 Å². The van der Waals surface area contributed by atoms with Crippen LogP contribution >= 0.6 is 11.6 Å². The molecule has 0 amide bonds. The Morgan fingerprint density at radius 2 is 2.00 bits per heavy atom. The van der Waals surface area contributed by atoms with Gasteiger partial charge in [-0.05, 0) is 49.4 Å². The van der Waals surface area contributed by atoms with Crippen LogP contribution in [-0.4, -0.2) is 11.1 Å². The van der Waals surface area contributed by atoms with Gasteiger partial charge in [-0.25, -0.2) is 0 Å². The predicted molar refractivity (Wildman–Crippen MR) is 59.5 cm³/mol. The molecule has 0 unspecified atom stereocenters. The van der Waals surface area contributed by atoms with Crippen LogP contribution in [0, 0.1) is 13.8 Å². The van der Waals surface area contributed by atoms with Crippen LogP contribution in [0.1, 0.15) is 29.5 Å². The molecule has 1 saturated carbocycles. The fraction of sp³-hybridized carbons (Fsp3) is 0.417. The maximum atomic E-state index is 11.3. The fourth-order valence-corrected chi connectivity index (χ4v) is 2.41. The van der Waals surface area contributed by atoms with Gasteiger partial charge in [-0.15, -0.1) is 0 Å². The Hall–Kier alpha value is -1.02. The van der Waals surface area contributed by atoms with Crippen molar-refractivity contribution < 1.29 is 9.90 Å². The van der Waals surface area contributed by atoms with Crippen molar-refractivity contribution in [3.05, 3.63) is 33.8 Å². The topological polar surface area (TPSA) is 37.3 Å². The lowest BCUT2D eigenvalue weighted by Gasteiger charge is -2.17. The Labute approximate surface area is 93.9 Å². The SMILES string of the molecule is Cc1ccc(Cl)c(C)c1C1(C(=O)O)CC1. The number of halogens is 1. The van der Waals surface area contributed by atoms with Crippen molar-refractivity contribution in [2.24, 2.45) is 0 Å². The molecule has 0 saturated heterocycles. The van der Waals surface area contributed by atoms with E-state index in [4.69, 9.17) is 11.6 Å². The molecule has 1 aliphatic carbocycles. The van der Waals surface area contributed by atoms with E-state index in [1.165, 1.54) is 0 Å².